The van der Waals surface area contributed by atoms with Crippen molar-refractivity contribution in [1.82, 2.24) is 10.3 Å². The number of aromatic nitrogens is 1. The first-order valence-electron chi connectivity index (χ1n) is 4.46. The number of amides is 1. The van der Waals surface area contributed by atoms with Crippen LogP contribution in [-0.2, 0) is 0 Å². The van der Waals surface area contributed by atoms with Crippen LogP contribution in [0.4, 0.5) is 0 Å². The highest BCUT2D eigenvalue weighted by atomic mass is 79.9. The van der Waals surface area contributed by atoms with Gasteiger partial charge >= 0.3 is 0 Å². The Bertz CT molecular complexity index is 308. The van der Waals surface area contributed by atoms with E-state index in [-0.39, 0.29) is 11.9 Å². The Morgan fingerprint density at radius 2 is 2.50 bits per heavy atom. The van der Waals surface area contributed by atoms with Crippen LogP contribution in [0.1, 0.15) is 29.6 Å². The number of oxazole rings is 1. The van der Waals surface area contributed by atoms with Crippen molar-refractivity contribution in [3.05, 3.63) is 17.8 Å². The molecule has 0 saturated carbocycles. The van der Waals surface area contributed by atoms with Gasteiger partial charge in [0.25, 0.3) is 5.91 Å². The second-order valence-electron chi connectivity index (χ2n) is 3.00. The molecule has 0 aromatic carbocycles. The van der Waals surface area contributed by atoms with Crippen LogP contribution in [0.25, 0.3) is 0 Å². The fourth-order valence-electron chi connectivity index (χ4n) is 1.02. The molecule has 0 spiro atoms. The first kappa shape index (κ1) is 11.2. The lowest BCUT2D eigenvalue weighted by Gasteiger charge is -2.12. The fourth-order valence-corrected chi connectivity index (χ4v) is 1.64. The molecular formula is C9H13BrN2O2. The zero-order valence-electron chi connectivity index (χ0n) is 8.21. The second kappa shape index (κ2) is 5.14. The number of carbonyl (C=O) groups excluding carboxylic acids is 1. The van der Waals surface area contributed by atoms with Gasteiger partial charge in [-0.05, 0) is 13.3 Å². The molecule has 0 saturated heterocycles. The SMILES string of the molecule is CCC(CBr)NC(=O)c1ocnc1C. The van der Waals surface area contributed by atoms with Crippen molar-refractivity contribution in [3.63, 3.8) is 0 Å². The summed E-state index contributed by atoms with van der Waals surface area (Å²) in [6.07, 6.45) is 2.16. The van der Waals surface area contributed by atoms with Crippen LogP contribution in [0.15, 0.2) is 10.8 Å². The third-order valence-electron chi connectivity index (χ3n) is 1.97. The Kier molecular flexibility index (Phi) is 4.13. The van der Waals surface area contributed by atoms with E-state index in [1.807, 2.05) is 6.92 Å². The van der Waals surface area contributed by atoms with Crippen molar-refractivity contribution in [2.24, 2.45) is 0 Å². The maximum absolute atomic E-state index is 11.6. The van der Waals surface area contributed by atoms with Crippen LogP contribution in [0.5, 0.6) is 0 Å². The van der Waals surface area contributed by atoms with E-state index in [0.717, 1.165) is 11.8 Å². The highest BCUT2D eigenvalue weighted by Crippen LogP contribution is 2.06. The molecule has 1 atom stereocenters. The van der Waals surface area contributed by atoms with Crippen molar-refractivity contribution >= 4 is 21.8 Å². The molecule has 1 heterocycles. The minimum atomic E-state index is -0.202. The number of hydrogen-bond donors (Lipinski definition) is 1. The largest absolute Gasteiger partial charge is 0.438 e. The molecule has 1 N–H and O–H groups in total. The number of alkyl halides is 1. The number of hydrogen-bond acceptors (Lipinski definition) is 3. The van der Waals surface area contributed by atoms with Gasteiger partial charge in [0, 0.05) is 11.4 Å². The first-order valence-corrected chi connectivity index (χ1v) is 5.58. The van der Waals surface area contributed by atoms with E-state index >= 15 is 0 Å². The van der Waals surface area contributed by atoms with Crippen molar-refractivity contribution in [2.45, 2.75) is 26.3 Å². The first-order chi connectivity index (χ1) is 6.69. The van der Waals surface area contributed by atoms with E-state index in [1.54, 1.807) is 6.92 Å². The molecule has 1 rings (SSSR count). The van der Waals surface area contributed by atoms with Crippen LogP contribution >= 0.6 is 15.9 Å². The van der Waals surface area contributed by atoms with Crippen molar-refractivity contribution < 1.29 is 9.21 Å². The van der Waals surface area contributed by atoms with Crippen LogP contribution in [0.2, 0.25) is 0 Å². The molecule has 0 aliphatic carbocycles. The average molecular weight is 261 g/mol. The summed E-state index contributed by atoms with van der Waals surface area (Å²) in [5, 5.41) is 3.58. The summed E-state index contributed by atoms with van der Waals surface area (Å²) < 4.78 is 4.98. The molecule has 1 amide bonds. The van der Waals surface area contributed by atoms with Gasteiger partial charge in [0.1, 0.15) is 0 Å². The molecule has 0 radical (unpaired) electrons. The lowest BCUT2D eigenvalue weighted by molar-refractivity contribution is 0.0911. The van der Waals surface area contributed by atoms with Crippen molar-refractivity contribution in [1.29, 1.82) is 0 Å². The number of halogens is 1. The van der Waals surface area contributed by atoms with Gasteiger partial charge in [-0.25, -0.2) is 4.98 Å². The van der Waals surface area contributed by atoms with Gasteiger partial charge in [-0.3, -0.25) is 4.79 Å². The van der Waals surface area contributed by atoms with E-state index < -0.39 is 0 Å². The number of nitrogens with one attached hydrogen (secondary N) is 1. The van der Waals surface area contributed by atoms with E-state index in [2.05, 4.69) is 26.2 Å². The van der Waals surface area contributed by atoms with Gasteiger partial charge < -0.3 is 9.73 Å². The fraction of sp³-hybridized carbons (Fsp3) is 0.556. The number of carbonyl (C=O) groups is 1. The Morgan fingerprint density at radius 3 is 2.93 bits per heavy atom. The third-order valence-corrected chi connectivity index (χ3v) is 2.75. The van der Waals surface area contributed by atoms with Crippen molar-refractivity contribution in [2.75, 3.05) is 5.33 Å². The Morgan fingerprint density at radius 1 is 1.79 bits per heavy atom. The van der Waals surface area contributed by atoms with Crippen LogP contribution in [0, 0.1) is 6.92 Å². The molecule has 78 valence electrons. The summed E-state index contributed by atoms with van der Waals surface area (Å²) in [5.74, 6) is 0.0932. The van der Waals surface area contributed by atoms with Gasteiger partial charge in [-0.2, -0.15) is 0 Å². The molecule has 1 unspecified atom stereocenters. The second-order valence-corrected chi connectivity index (χ2v) is 3.65. The minimum absolute atomic E-state index is 0.131. The zero-order valence-corrected chi connectivity index (χ0v) is 9.80. The molecule has 1 aromatic rings. The van der Waals surface area contributed by atoms with E-state index in [0.29, 0.717) is 11.5 Å². The molecule has 0 bridgehead atoms. The maximum atomic E-state index is 11.6. The Labute approximate surface area is 91.2 Å². The summed E-state index contributed by atoms with van der Waals surface area (Å²) in [6.45, 7) is 3.76. The predicted molar refractivity (Wildman–Crippen MR) is 56.6 cm³/mol. The smallest absolute Gasteiger partial charge is 0.289 e. The third kappa shape index (κ3) is 2.57. The zero-order chi connectivity index (χ0) is 10.6. The van der Waals surface area contributed by atoms with Crippen molar-refractivity contribution in [3.8, 4) is 0 Å². The summed E-state index contributed by atoms with van der Waals surface area (Å²) in [4.78, 5) is 15.4. The van der Waals surface area contributed by atoms with Gasteiger partial charge in [0.15, 0.2) is 6.39 Å². The molecule has 0 aliphatic heterocycles. The lowest BCUT2D eigenvalue weighted by Crippen LogP contribution is -2.35. The Balaban J connectivity index is 2.63. The lowest BCUT2D eigenvalue weighted by atomic mass is 10.2. The number of aryl methyl sites for hydroxylation is 1. The highest BCUT2D eigenvalue weighted by molar-refractivity contribution is 9.09. The van der Waals surface area contributed by atoms with E-state index in [4.69, 9.17) is 4.42 Å². The normalized spacial score (nSPS) is 12.5. The highest BCUT2D eigenvalue weighted by Gasteiger charge is 2.16. The molecule has 14 heavy (non-hydrogen) atoms. The van der Waals surface area contributed by atoms with Gasteiger partial charge in [0.05, 0.1) is 5.69 Å². The topological polar surface area (TPSA) is 55.1 Å². The quantitative estimate of drug-likeness (QED) is 0.842. The van der Waals surface area contributed by atoms with Gasteiger partial charge in [-0.1, -0.05) is 22.9 Å². The monoisotopic (exact) mass is 260 g/mol. The summed E-state index contributed by atoms with van der Waals surface area (Å²) in [5.41, 5.74) is 0.618. The minimum Gasteiger partial charge on any atom is -0.438 e. The molecule has 1 aromatic heterocycles. The number of rotatable bonds is 4. The van der Waals surface area contributed by atoms with Crippen LogP contribution in [-0.4, -0.2) is 22.3 Å². The molecule has 0 fully saturated rings. The summed E-state index contributed by atoms with van der Waals surface area (Å²) in [6, 6.07) is 0.131. The average Bonchev–Trinajstić information content (AvgIpc) is 2.60. The van der Waals surface area contributed by atoms with E-state index in [1.165, 1.54) is 6.39 Å². The standard InChI is InChI=1S/C9H13BrN2O2/c1-3-7(4-10)12-9(13)8-6(2)11-5-14-8/h5,7H,3-4H2,1-2H3,(H,12,13). The molecule has 0 aliphatic rings. The van der Waals surface area contributed by atoms with Crippen LogP contribution < -0.4 is 5.32 Å². The van der Waals surface area contributed by atoms with Crippen LogP contribution in [0.3, 0.4) is 0 Å². The van der Waals surface area contributed by atoms with E-state index in [9.17, 15) is 4.79 Å². The molecule has 4 nitrogen and oxygen atoms in total. The molecular weight excluding hydrogens is 248 g/mol. The predicted octanol–water partition coefficient (Wildman–Crippen LogP) is 1.89. The summed E-state index contributed by atoms with van der Waals surface area (Å²) in [7, 11) is 0. The summed E-state index contributed by atoms with van der Waals surface area (Å²) >= 11 is 3.33. The maximum Gasteiger partial charge on any atom is 0.289 e. The van der Waals surface area contributed by atoms with Gasteiger partial charge in [0.2, 0.25) is 5.76 Å². The molecule has 5 heteroatoms. The Hall–Kier alpha value is -0.840. The van der Waals surface area contributed by atoms with Gasteiger partial charge in [-0.15, -0.1) is 0 Å². The number of nitrogens with zero attached hydrogens (tertiary/aromatic N) is 1.